The van der Waals surface area contributed by atoms with Crippen molar-refractivity contribution in [2.24, 2.45) is 0 Å². The second kappa shape index (κ2) is 8.04. The molecule has 32 heavy (non-hydrogen) atoms. The van der Waals surface area contributed by atoms with E-state index in [1.54, 1.807) is 37.4 Å². The molecule has 0 saturated heterocycles. The van der Waals surface area contributed by atoms with Crippen molar-refractivity contribution >= 4 is 33.3 Å². The first-order valence-electron chi connectivity index (χ1n) is 10.1. The Balaban J connectivity index is 1.42. The van der Waals surface area contributed by atoms with Crippen LogP contribution >= 0.6 is 0 Å². The topological polar surface area (TPSA) is 68.5 Å². The molecule has 0 unspecified atom stereocenters. The number of nitrogens with one attached hydrogen (secondary N) is 1. The maximum absolute atomic E-state index is 12.8. The molecule has 1 amide bonds. The number of methoxy groups -OCH3 is 1. The van der Waals surface area contributed by atoms with Crippen LogP contribution in [0.25, 0.3) is 33.1 Å². The van der Waals surface area contributed by atoms with Crippen molar-refractivity contribution < 1.29 is 13.9 Å². The second-order valence-electron chi connectivity index (χ2n) is 7.40. The van der Waals surface area contributed by atoms with Gasteiger partial charge in [-0.05, 0) is 59.3 Å². The van der Waals surface area contributed by atoms with Gasteiger partial charge in [0.15, 0.2) is 5.43 Å². The Morgan fingerprint density at radius 2 is 1.62 bits per heavy atom. The highest BCUT2D eigenvalue weighted by molar-refractivity contribution is 6.12. The van der Waals surface area contributed by atoms with Crippen molar-refractivity contribution in [3.63, 3.8) is 0 Å². The lowest BCUT2D eigenvalue weighted by Gasteiger charge is -2.09. The monoisotopic (exact) mass is 421 g/mol. The van der Waals surface area contributed by atoms with E-state index in [1.807, 2.05) is 54.6 Å². The normalized spacial score (nSPS) is 10.9. The molecular weight excluding hydrogens is 402 g/mol. The summed E-state index contributed by atoms with van der Waals surface area (Å²) in [5.74, 6) is 0.879. The summed E-state index contributed by atoms with van der Waals surface area (Å²) < 4.78 is 11.1. The predicted molar refractivity (Wildman–Crippen MR) is 126 cm³/mol. The average Bonchev–Trinajstić information content (AvgIpc) is 2.84. The van der Waals surface area contributed by atoms with Crippen LogP contribution in [0.15, 0.2) is 100 Å². The van der Waals surface area contributed by atoms with Crippen molar-refractivity contribution in [3.05, 3.63) is 107 Å². The van der Waals surface area contributed by atoms with Crippen LogP contribution in [0.5, 0.6) is 5.75 Å². The molecule has 5 rings (SSSR count). The molecule has 0 aliphatic rings. The SMILES string of the molecule is COc1ccc2oc(-c3ccc(NC(=O)c4cccc5ccccc45)cc3)cc(=O)c2c1. The molecule has 1 heterocycles. The molecule has 4 aromatic carbocycles. The van der Waals surface area contributed by atoms with Gasteiger partial charge in [0, 0.05) is 22.9 Å². The fourth-order valence-corrected chi connectivity index (χ4v) is 3.74. The summed E-state index contributed by atoms with van der Waals surface area (Å²) in [4.78, 5) is 25.4. The minimum Gasteiger partial charge on any atom is -0.497 e. The lowest BCUT2D eigenvalue weighted by Crippen LogP contribution is -2.12. The first-order chi connectivity index (χ1) is 15.6. The summed E-state index contributed by atoms with van der Waals surface area (Å²) in [5.41, 5.74) is 2.35. The quantitative estimate of drug-likeness (QED) is 0.394. The summed E-state index contributed by atoms with van der Waals surface area (Å²) >= 11 is 0. The highest BCUT2D eigenvalue weighted by Gasteiger charge is 2.11. The number of carbonyl (C=O) groups is 1. The van der Waals surface area contributed by atoms with Crippen LogP contribution in [-0.2, 0) is 0 Å². The number of anilines is 1. The number of ether oxygens (including phenoxy) is 1. The Morgan fingerprint density at radius 3 is 2.44 bits per heavy atom. The van der Waals surface area contributed by atoms with E-state index in [4.69, 9.17) is 9.15 Å². The Labute approximate surface area is 183 Å². The third-order valence-corrected chi connectivity index (χ3v) is 5.40. The van der Waals surface area contributed by atoms with E-state index in [0.717, 1.165) is 16.3 Å². The maximum atomic E-state index is 12.8. The number of hydrogen-bond donors (Lipinski definition) is 1. The Morgan fingerprint density at radius 1 is 0.844 bits per heavy atom. The average molecular weight is 421 g/mol. The number of rotatable bonds is 4. The Bertz CT molecular complexity index is 1510. The molecule has 5 aromatic rings. The van der Waals surface area contributed by atoms with E-state index in [2.05, 4.69) is 5.32 Å². The summed E-state index contributed by atoms with van der Waals surface area (Å²) in [5, 5.41) is 5.32. The molecule has 0 aliphatic carbocycles. The standard InChI is InChI=1S/C27H19NO4/c1-31-20-13-14-25-23(15-20)24(29)16-26(32-25)18-9-11-19(12-10-18)28-27(30)22-8-4-6-17-5-2-3-7-21(17)22/h2-16H,1H3,(H,28,30). The van der Waals surface area contributed by atoms with Gasteiger partial charge >= 0.3 is 0 Å². The Kier molecular flexibility index (Phi) is 4.92. The molecule has 5 heteroatoms. The van der Waals surface area contributed by atoms with Crippen molar-refractivity contribution in [2.45, 2.75) is 0 Å². The van der Waals surface area contributed by atoms with Crippen molar-refractivity contribution in [2.75, 3.05) is 12.4 Å². The molecule has 0 atom stereocenters. The van der Waals surface area contributed by atoms with Gasteiger partial charge in [-0.1, -0.05) is 36.4 Å². The number of amides is 1. The molecule has 0 saturated carbocycles. The first kappa shape index (κ1) is 19.6. The van der Waals surface area contributed by atoms with Crippen LogP contribution < -0.4 is 15.5 Å². The molecule has 0 spiro atoms. The van der Waals surface area contributed by atoms with Crippen LogP contribution in [0.4, 0.5) is 5.69 Å². The molecule has 156 valence electrons. The van der Waals surface area contributed by atoms with Crippen LogP contribution in [0.1, 0.15) is 10.4 Å². The van der Waals surface area contributed by atoms with Gasteiger partial charge in [-0.25, -0.2) is 0 Å². The van der Waals surface area contributed by atoms with Gasteiger partial charge in [-0.15, -0.1) is 0 Å². The predicted octanol–water partition coefficient (Wildman–Crippen LogP) is 5.87. The number of hydrogen-bond acceptors (Lipinski definition) is 4. The number of fused-ring (bicyclic) bond motifs is 2. The maximum Gasteiger partial charge on any atom is 0.256 e. The van der Waals surface area contributed by atoms with Gasteiger partial charge in [0.2, 0.25) is 0 Å². The van der Waals surface area contributed by atoms with E-state index >= 15 is 0 Å². The van der Waals surface area contributed by atoms with Crippen LogP contribution in [0, 0.1) is 0 Å². The van der Waals surface area contributed by atoms with E-state index in [0.29, 0.717) is 33.7 Å². The lowest BCUT2D eigenvalue weighted by atomic mass is 10.0. The minimum atomic E-state index is -0.180. The van der Waals surface area contributed by atoms with Gasteiger partial charge < -0.3 is 14.5 Å². The minimum absolute atomic E-state index is 0.145. The van der Waals surface area contributed by atoms with Crippen molar-refractivity contribution in [3.8, 4) is 17.1 Å². The third-order valence-electron chi connectivity index (χ3n) is 5.40. The summed E-state index contributed by atoms with van der Waals surface area (Å²) in [6, 6.07) is 27.2. The van der Waals surface area contributed by atoms with E-state index in [9.17, 15) is 9.59 Å². The smallest absolute Gasteiger partial charge is 0.256 e. The molecule has 0 aliphatic heterocycles. The molecule has 0 fully saturated rings. The van der Waals surface area contributed by atoms with Crippen molar-refractivity contribution in [1.29, 1.82) is 0 Å². The number of carbonyl (C=O) groups excluding carboxylic acids is 1. The van der Waals surface area contributed by atoms with E-state index < -0.39 is 0 Å². The van der Waals surface area contributed by atoms with Crippen LogP contribution in [0.3, 0.4) is 0 Å². The van der Waals surface area contributed by atoms with Gasteiger partial charge in [0.1, 0.15) is 17.1 Å². The summed E-state index contributed by atoms with van der Waals surface area (Å²) in [6.45, 7) is 0. The molecule has 0 radical (unpaired) electrons. The highest BCUT2D eigenvalue weighted by atomic mass is 16.5. The molecule has 1 aromatic heterocycles. The highest BCUT2D eigenvalue weighted by Crippen LogP contribution is 2.26. The third kappa shape index (κ3) is 3.61. The molecular formula is C27H19NO4. The summed E-state index contributed by atoms with van der Waals surface area (Å²) in [7, 11) is 1.55. The number of benzene rings is 4. The van der Waals surface area contributed by atoms with Crippen LogP contribution in [-0.4, -0.2) is 13.0 Å². The van der Waals surface area contributed by atoms with Crippen molar-refractivity contribution in [1.82, 2.24) is 0 Å². The zero-order valence-electron chi connectivity index (χ0n) is 17.3. The van der Waals surface area contributed by atoms with Gasteiger partial charge in [0.25, 0.3) is 5.91 Å². The zero-order chi connectivity index (χ0) is 22.1. The fraction of sp³-hybridized carbons (Fsp3) is 0.0370. The summed E-state index contributed by atoms with van der Waals surface area (Å²) in [6.07, 6.45) is 0. The fourth-order valence-electron chi connectivity index (χ4n) is 3.74. The second-order valence-corrected chi connectivity index (χ2v) is 7.40. The zero-order valence-corrected chi connectivity index (χ0v) is 17.3. The van der Waals surface area contributed by atoms with E-state index in [-0.39, 0.29) is 11.3 Å². The molecule has 0 bridgehead atoms. The first-order valence-corrected chi connectivity index (χ1v) is 10.1. The van der Waals surface area contributed by atoms with Gasteiger partial charge in [0.05, 0.1) is 12.5 Å². The van der Waals surface area contributed by atoms with Gasteiger partial charge in [-0.3, -0.25) is 9.59 Å². The molecule has 1 N–H and O–H groups in total. The lowest BCUT2D eigenvalue weighted by molar-refractivity contribution is 0.102. The van der Waals surface area contributed by atoms with Crippen LogP contribution in [0.2, 0.25) is 0 Å². The Hall–Kier alpha value is -4.38. The largest absolute Gasteiger partial charge is 0.497 e. The van der Waals surface area contributed by atoms with Gasteiger partial charge in [-0.2, -0.15) is 0 Å². The van der Waals surface area contributed by atoms with E-state index in [1.165, 1.54) is 6.07 Å². The molecule has 5 nitrogen and oxygen atoms in total.